The average molecular weight is 434 g/mol. The molecule has 0 aliphatic heterocycles. The Morgan fingerprint density at radius 1 is 1.07 bits per heavy atom. The van der Waals surface area contributed by atoms with E-state index in [-0.39, 0.29) is 23.1 Å². The van der Waals surface area contributed by atoms with Crippen molar-refractivity contribution >= 4 is 21.8 Å². The van der Waals surface area contributed by atoms with Gasteiger partial charge in [0.05, 0.1) is 4.90 Å². The largest absolute Gasteiger partial charge is 0.483 e. The van der Waals surface area contributed by atoms with Gasteiger partial charge in [-0.3, -0.25) is 20.4 Å². The summed E-state index contributed by atoms with van der Waals surface area (Å²) >= 11 is 0. The number of sulfonamides is 1. The summed E-state index contributed by atoms with van der Waals surface area (Å²) in [6, 6.07) is 12.8. The molecular formula is C21H27N3O5S. The maximum absolute atomic E-state index is 12.6. The van der Waals surface area contributed by atoms with Crippen LogP contribution in [0.15, 0.2) is 53.4 Å². The molecule has 30 heavy (non-hydrogen) atoms. The van der Waals surface area contributed by atoms with Gasteiger partial charge in [-0.25, -0.2) is 8.42 Å². The van der Waals surface area contributed by atoms with Gasteiger partial charge in [0.2, 0.25) is 10.0 Å². The van der Waals surface area contributed by atoms with Crippen LogP contribution in [0.1, 0.15) is 36.7 Å². The molecular weight excluding hydrogens is 406 g/mol. The van der Waals surface area contributed by atoms with E-state index < -0.39 is 21.8 Å². The molecule has 0 heterocycles. The molecule has 0 atom stereocenters. The summed E-state index contributed by atoms with van der Waals surface area (Å²) in [4.78, 5) is 24.3. The molecule has 0 bridgehead atoms. The zero-order valence-electron chi connectivity index (χ0n) is 17.5. The molecule has 0 saturated heterocycles. The minimum Gasteiger partial charge on any atom is -0.483 e. The SMILES string of the molecule is CCc1ccccc1OCC(=O)NNC(=O)c1cccc(S(=O)(=O)N(C)C(C)C)c1. The van der Waals surface area contributed by atoms with Crippen LogP contribution >= 0.6 is 0 Å². The number of carbonyl (C=O) groups excluding carboxylic acids is 2. The lowest BCUT2D eigenvalue weighted by molar-refractivity contribution is -0.123. The van der Waals surface area contributed by atoms with Crippen molar-refractivity contribution in [3.63, 3.8) is 0 Å². The Labute approximate surface area is 177 Å². The molecule has 2 aromatic rings. The van der Waals surface area contributed by atoms with E-state index in [2.05, 4.69) is 10.9 Å². The summed E-state index contributed by atoms with van der Waals surface area (Å²) < 4.78 is 31.9. The van der Waals surface area contributed by atoms with E-state index in [1.54, 1.807) is 19.9 Å². The zero-order chi connectivity index (χ0) is 22.3. The topological polar surface area (TPSA) is 105 Å². The van der Waals surface area contributed by atoms with Gasteiger partial charge in [-0.2, -0.15) is 4.31 Å². The van der Waals surface area contributed by atoms with E-state index >= 15 is 0 Å². The molecule has 162 valence electrons. The third-order valence-electron chi connectivity index (χ3n) is 4.53. The molecule has 8 nitrogen and oxygen atoms in total. The molecule has 0 aliphatic carbocycles. The summed E-state index contributed by atoms with van der Waals surface area (Å²) in [6.45, 7) is 5.22. The van der Waals surface area contributed by atoms with Crippen LogP contribution in [-0.4, -0.2) is 44.2 Å². The van der Waals surface area contributed by atoms with Crippen molar-refractivity contribution in [1.29, 1.82) is 0 Å². The van der Waals surface area contributed by atoms with E-state index in [1.807, 2.05) is 25.1 Å². The number of benzene rings is 2. The Morgan fingerprint density at radius 3 is 2.43 bits per heavy atom. The number of ether oxygens (including phenoxy) is 1. The third kappa shape index (κ3) is 5.80. The van der Waals surface area contributed by atoms with E-state index in [4.69, 9.17) is 4.74 Å². The molecule has 0 unspecified atom stereocenters. The summed E-state index contributed by atoms with van der Waals surface area (Å²) in [5.41, 5.74) is 5.61. The standard InChI is InChI=1S/C21H27N3O5S/c1-5-16-9-6-7-12-19(16)29-14-20(25)22-23-21(26)17-10-8-11-18(13-17)30(27,28)24(4)15(2)3/h6-13,15H,5,14H2,1-4H3,(H,22,25)(H,23,26). The van der Waals surface area contributed by atoms with Crippen molar-refractivity contribution < 1.29 is 22.7 Å². The highest BCUT2D eigenvalue weighted by Gasteiger charge is 2.24. The monoisotopic (exact) mass is 433 g/mol. The van der Waals surface area contributed by atoms with Gasteiger partial charge in [0.25, 0.3) is 11.8 Å². The van der Waals surface area contributed by atoms with Crippen molar-refractivity contribution in [3.8, 4) is 5.75 Å². The van der Waals surface area contributed by atoms with Gasteiger partial charge in [-0.15, -0.1) is 0 Å². The number of para-hydroxylation sites is 1. The van der Waals surface area contributed by atoms with Crippen LogP contribution in [-0.2, 0) is 21.2 Å². The minimum absolute atomic E-state index is 0.00261. The molecule has 2 amide bonds. The Kier molecular flexibility index (Phi) is 7.96. The molecule has 0 aromatic heterocycles. The lowest BCUT2D eigenvalue weighted by Gasteiger charge is -2.21. The smallest absolute Gasteiger partial charge is 0.276 e. The highest BCUT2D eigenvalue weighted by Crippen LogP contribution is 2.19. The van der Waals surface area contributed by atoms with Crippen LogP contribution < -0.4 is 15.6 Å². The number of amides is 2. The number of hydrazine groups is 1. The van der Waals surface area contributed by atoms with Crippen LogP contribution in [0.4, 0.5) is 0 Å². The number of hydrogen-bond donors (Lipinski definition) is 2. The fraction of sp³-hybridized carbons (Fsp3) is 0.333. The van der Waals surface area contributed by atoms with Crippen molar-refractivity contribution in [2.75, 3.05) is 13.7 Å². The fourth-order valence-corrected chi connectivity index (χ4v) is 3.97. The number of carbonyl (C=O) groups is 2. The van der Waals surface area contributed by atoms with Crippen molar-refractivity contribution in [2.45, 2.75) is 38.1 Å². The van der Waals surface area contributed by atoms with Gasteiger partial charge >= 0.3 is 0 Å². The number of aryl methyl sites for hydroxylation is 1. The fourth-order valence-electron chi connectivity index (χ4n) is 2.56. The predicted octanol–water partition coefficient (Wildman–Crippen LogP) is 2.12. The molecule has 2 rings (SSSR count). The van der Waals surface area contributed by atoms with Crippen LogP contribution in [0.2, 0.25) is 0 Å². The number of hydrogen-bond acceptors (Lipinski definition) is 5. The van der Waals surface area contributed by atoms with E-state index in [1.165, 1.54) is 35.6 Å². The van der Waals surface area contributed by atoms with Gasteiger partial charge in [-0.05, 0) is 50.1 Å². The minimum atomic E-state index is -3.73. The summed E-state index contributed by atoms with van der Waals surface area (Å²) in [5, 5.41) is 0. The highest BCUT2D eigenvalue weighted by atomic mass is 32.2. The lowest BCUT2D eigenvalue weighted by Crippen LogP contribution is -2.44. The van der Waals surface area contributed by atoms with Crippen LogP contribution in [0.25, 0.3) is 0 Å². The van der Waals surface area contributed by atoms with Gasteiger partial charge in [-0.1, -0.05) is 31.2 Å². The second-order valence-electron chi connectivity index (χ2n) is 6.90. The summed E-state index contributed by atoms with van der Waals surface area (Å²) in [5.74, 6) is -0.576. The summed E-state index contributed by atoms with van der Waals surface area (Å²) in [6.07, 6.45) is 0.764. The van der Waals surface area contributed by atoms with Crippen LogP contribution in [0, 0.1) is 0 Å². The molecule has 0 fully saturated rings. The van der Waals surface area contributed by atoms with Crippen molar-refractivity contribution in [3.05, 3.63) is 59.7 Å². The van der Waals surface area contributed by atoms with Gasteiger partial charge in [0.15, 0.2) is 6.61 Å². The molecule has 9 heteroatoms. The molecule has 0 aliphatic rings. The molecule has 2 aromatic carbocycles. The molecule has 0 radical (unpaired) electrons. The van der Waals surface area contributed by atoms with E-state index in [0.717, 1.165) is 12.0 Å². The van der Waals surface area contributed by atoms with Gasteiger partial charge < -0.3 is 4.74 Å². The Bertz CT molecular complexity index is 1010. The maximum atomic E-state index is 12.6. The maximum Gasteiger partial charge on any atom is 0.276 e. The predicted molar refractivity (Wildman–Crippen MR) is 113 cm³/mol. The zero-order valence-corrected chi connectivity index (χ0v) is 18.3. The first-order valence-electron chi connectivity index (χ1n) is 9.54. The summed E-state index contributed by atoms with van der Waals surface area (Å²) in [7, 11) is -2.25. The Morgan fingerprint density at radius 2 is 1.77 bits per heavy atom. The van der Waals surface area contributed by atoms with Gasteiger partial charge in [0, 0.05) is 18.7 Å². The van der Waals surface area contributed by atoms with Crippen molar-refractivity contribution in [2.24, 2.45) is 0 Å². The number of rotatable bonds is 8. The Balaban J connectivity index is 1.97. The number of nitrogens with zero attached hydrogens (tertiary/aromatic N) is 1. The molecule has 2 N–H and O–H groups in total. The first-order valence-corrected chi connectivity index (χ1v) is 11.0. The second kappa shape index (κ2) is 10.2. The normalized spacial score (nSPS) is 11.4. The first kappa shape index (κ1) is 23.4. The van der Waals surface area contributed by atoms with Gasteiger partial charge in [0.1, 0.15) is 5.75 Å². The van der Waals surface area contributed by atoms with E-state index in [0.29, 0.717) is 5.75 Å². The first-order chi connectivity index (χ1) is 14.2. The van der Waals surface area contributed by atoms with Crippen LogP contribution in [0.5, 0.6) is 5.75 Å². The quantitative estimate of drug-likeness (QED) is 0.621. The van der Waals surface area contributed by atoms with Crippen LogP contribution in [0.3, 0.4) is 0 Å². The lowest BCUT2D eigenvalue weighted by atomic mass is 10.1. The third-order valence-corrected chi connectivity index (χ3v) is 6.56. The van der Waals surface area contributed by atoms with Crippen molar-refractivity contribution in [1.82, 2.24) is 15.2 Å². The second-order valence-corrected chi connectivity index (χ2v) is 8.89. The molecule has 0 saturated carbocycles. The molecule has 0 spiro atoms. The highest BCUT2D eigenvalue weighted by molar-refractivity contribution is 7.89. The number of nitrogens with one attached hydrogen (secondary N) is 2. The Hall–Kier alpha value is -2.91. The average Bonchev–Trinajstić information content (AvgIpc) is 2.75. The van der Waals surface area contributed by atoms with E-state index in [9.17, 15) is 18.0 Å².